The van der Waals surface area contributed by atoms with Crippen molar-refractivity contribution in [2.75, 3.05) is 11.4 Å². The molecule has 1 saturated heterocycles. The average molecular weight is 238 g/mol. The number of benzene rings is 1. The first-order valence-corrected chi connectivity index (χ1v) is 4.65. The maximum Gasteiger partial charge on any atom is 0.340 e. The Morgan fingerprint density at radius 3 is 2.65 bits per heavy atom. The van der Waals surface area contributed by atoms with Crippen LogP contribution in [-0.2, 0) is 4.79 Å². The predicted molar refractivity (Wildman–Crippen MR) is 54.2 cm³/mol. The molecule has 7 heteroatoms. The van der Waals surface area contributed by atoms with Gasteiger partial charge in [0.25, 0.3) is 5.91 Å². The van der Waals surface area contributed by atoms with Crippen molar-refractivity contribution < 1.29 is 23.9 Å². The van der Waals surface area contributed by atoms with Crippen LogP contribution in [0.4, 0.5) is 14.9 Å². The molecule has 1 aromatic rings. The summed E-state index contributed by atoms with van der Waals surface area (Å²) in [6.07, 6.45) is 0. The van der Waals surface area contributed by atoms with Gasteiger partial charge in [-0.1, -0.05) is 6.07 Å². The molecule has 0 saturated carbocycles. The number of hydrogen-bond acceptors (Lipinski definition) is 3. The topological polar surface area (TPSA) is 86.7 Å². The number of aromatic carboxylic acids is 1. The molecule has 0 radical (unpaired) electrons. The summed E-state index contributed by atoms with van der Waals surface area (Å²) in [5, 5.41) is 11.1. The van der Waals surface area contributed by atoms with E-state index in [2.05, 4.69) is 5.32 Å². The van der Waals surface area contributed by atoms with Crippen LogP contribution >= 0.6 is 0 Å². The van der Waals surface area contributed by atoms with E-state index >= 15 is 0 Å². The summed E-state index contributed by atoms with van der Waals surface area (Å²) in [7, 11) is 0. The molecule has 2 N–H and O–H groups in total. The average Bonchev–Trinajstić information content (AvgIpc) is 2.57. The number of carboxylic acids is 1. The fourth-order valence-electron chi connectivity index (χ4n) is 1.58. The summed E-state index contributed by atoms with van der Waals surface area (Å²) in [6.45, 7) is -0.228. The third kappa shape index (κ3) is 1.71. The second-order valence-corrected chi connectivity index (χ2v) is 3.33. The quantitative estimate of drug-likeness (QED) is 0.738. The third-order valence-corrected chi connectivity index (χ3v) is 2.29. The van der Waals surface area contributed by atoms with E-state index in [0.29, 0.717) is 4.90 Å². The van der Waals surface area contributed by atoms with Gasteiger partial charge in [0.05, 0.1) is 12.2 Å². The highest BCUT2D eigenvalue weighted by Crippen LogP contribution is 2.25. The number of nitrogens with one attached hydrogen (secondary N) is 1. The molecule has 0 aromatic heterocycles. The minimum Gasteiger partial charge on any atom is -0.478 e. The van der Waals surface area contributed by atoms with Crippen molar-refractivity contribution in [2.24, 2.45) is 0 Å². The minimum atomic E-state index is -1.54. The van der Waals surface area contributed by atoms with Crippen LogP contribution in [0.3, 0.4) is 0 Å². The molecule has 2 rings (SSSR count). The van der Waals surface area contributed by atoms with Crippen LogP contribution in [0.15, 0.2) is 18.2 Å². The predicted octanol–water partition coefficient (Wildman–Crippen LogP) is 0.580. The van der Waals surface area contributed by atoms with E-state index in [0.717, 1.165) is 6.07 Å². The van der Waals surface area contributed by atoms with E-state index in [4.69, 9.17) is 5.11 Å². The Kier molecular flexibility index (Phi) is 2.51. The van der Waals surface area contributed by atoms with Gasteiger partial charge >= 0.3 is 12.0 Å². The Labute approximate surface area is 94.6 Å². The third-order valence-electron chi connectivity index (χ3n) is 2.29. The number of urea groups is 1. The number of hydrogen-bond donors (Lipinski definition) is 2. The van der Waals surface area contributed by atoms with E-state index in [9.17, 15) is 18.8 Å². The molecule has 0 atom stereocenters. The number of halogens is 1. The molecule has 1 aromatic carbocycles. The van der Waals surface area contributed by atoms with Crippen LogP contribution in [0.25, 0.3) is 0 Å². The standard InChI is InChI=1S/C10H7FN2O4/c11-5-2-1-3-6(8(5)9(15)16)13-7(14)4-12-10(13)17/h1-3H,4H2,(H,12,17)(H,15,16). The molecule has 1 fully saturated rings. The van der Waals surface area contributed by atoms with Crippen molar-refractivity contribution in [3.63, 3.8) is 0 Å². The van der Waals surface area contributed by atoms with E-state index < -0.39 is 29.3 Å². The van der Waals surface area contributed by atoms with Crippen molar-refractivity contribution in [2.45, 2.75) is 0 Å². The number of rotatable bonds is 2. The number of carbonyl (C=O) groups excluding carboxylic acids is 2. The van der Waals surface area contributed by atoms with Crippen molar-refractivity contribution >= 4 is 23.6 Å². The number of amides is 3. The van der Waals surface area contributed by atoms with Gasteiger partial charge in [0, 0.05) is 0 Å². The SMILES string of the molecule is O=C(O)c1c(F)cccc1N1C(=O)CNC1=O. The zero-order valence-electron chi connectivity index (χ0n) is 8.44. The lowest BCUT2D eigenvalue weighted by Gasteiger charge is -2.15. The number of imide groups is 1. The normalized spacial score (nSPS) is 15.0. The molecule has 0 bridgehead atoms. The Hall–Kier alpha value is -2.44. The summed E-state index contributed by atoms with van der Waals surface area (Å²) in [6, 6.07) is 2.62. The van der Waals surface area contributed by atoms with E-state index in [1.807, 2.05) is 0 Å². The minimum absolute atomic E-state index is 0.228. The zero-order chi connectivity index (χ0) is 12.6. The van der Waals surface area contributed by atoms with E-state index in [1.165, 1.54) is 12.1 Å². The van der Waals surface area contributed by atoms with Crippen LogP contribution in [-0.4, -0.2) is 29.6 Å². The first-order chi connectivity index (χ1) is 8.02. The fraction of sp³-hybridized carbons (Fsp3) is 0.100. The highest BCUT2D eigenvalue weighted by molar-refractivity contribution is 6.21. The fourth-order valence-corrected chi connectivity index (χ4v) is 1.58. The Balaban J connectivity index is 2.59. The Bertz CT molecular complexity index is 513. The van der Waals surface area contributed by atoms with Crippen molar-refractivity contribution in [1.29, 1.82) is 0 Å². The van der Waals surface area contributed by atoms with Gasteiger partial charge in [0.15, 0.2) is 0 Å². The monoisotopic (exact) mass is 238 g/mol. The summed E-state index contributed by atoms with van der Waals surface area (Å²) >= 11 is 0. The number of anilines is 1. The molecule has 1 aliphatic heterocycles. The lowest BCUT2D eigenvalue weighted by Crippen LogP contribution is -2.32. The van der Waals surface area contributed by atoms with Crippen LogP contribution in [0.2, 0.25) is 0 Å². The van der Waals surface area contributed by atoms with Gasteiger partial charge in [-0.2, -0.15) is 0 Å². The molecule has 88 valence electrons. The lowest BCUT2D eigenvalue weighted by molar-refractivity contribution is -0.115. The molecule has 0 aliphatic carbocycles. The van der Waals surface area contributed by atoms with Gasteiger partial charge in [-0.3, -0.25) is 4.79 Å². The Morgan fingerprint density at radius 2 is 2.12 bits per heavy atom. The van der Waals surface area contributed by atoms with Gasteiger partial charge < -0.3 is 10.4 Å². The van der Waals surface area contributed by atoms with Crippen LogP contribution in [0.1, 0.15) is 10.4 Å². The largest absolute Gasteiger partial charge is 0.478 e. The molecular formula is C10H7FN2O4. The summed E-state index contributed by atoms with van der Waals surface area (Å²) in [4.78, 5) is 34.3. The van der Waals surface area contributed by atoms with Gasteiger partial charge in [0.2, 0.25) is 0 Å². The van der Waals surface area contributed by atoms with Crippen LogP contribution in [0.5, 0.6) is 0 Å². The molecule has 3 amide bonds. The highest BCUT2D eigenvalue weighted by atomic mass is 19.1. The maximum atomic E-state index is 13.4. The second kappa shape index (κ2) is 3.85. The summed E-state index contributed by atoms with van der Waals surface area (Å²) in [5.74, 6) is -3.16. The van der Waals surface area contributed by atoms with Gasteiger partial charge in [-0.15, -0.1) is 0 Å². The molecule has 0 unspecified atom stereocenters. The molecule has 6 nitrogen and oxygen atoms in total. The number of carboxylic acid groups (broad SMARTS) is 1. The van der Waals surface area contributed by atoms with Crippen LogP contribution in [0, 0.1) is 5.82 Å². The second-order valence-electron chi connectivity index (χ2n) is 3.33. The van der Waals surface area contributed by atoms with Crippen LogP contribution < -0.4 is 10.2 Å². The smallest absolute Gasteiger partial charge is 0.340 e. The summed E-state index contributed by atoms with van der Waals surface area (Å²) < 4.78 is 13.4. The van der Waals surface area contributed by atoms with Gasteiger partial charge in [0.1, 0.15) is 11.4 Å². The van der Waals surface area contributed by atoms with Crippen molar-refractivity contribution in [1.82, 2.24) is 5.32 Å². The molecule has 1 aliphatic rings. The molecule has 1 heterocycles. The molecular weight excluding hydrogens is 231 g/mol. The molecule has 0 spiro atoms. The first-order valence-electron chi connectivity index (χ1n) is 4.65. The van der Waals surface area contributed by atoms with E-state index in [1.54, 1.807) is 0 Å². The van der Waals surface area contributed by atoms with Gasteiger partial charge in [-0.05, 0) is 12.1 Å². The summed E-state index contributed by atoms with van der Waals surface area (Å²) in [5.41, 5.74) is -0.963. The lowest BCUT2D eigenvalue weighted by atomic mass is 10.1. The van der Waals surface area contributed by atoms with Gasteiger partial charge in [-0.25, -0.2) is 18.9 Å². The highest BCUT2D eigenvalue weighted by Gasteiger charge is 2.33. The van der Waals surface area contributed by atoms with Crippen molar-refractivity contribution in [3.05, 3.63) is 29.6 Å². The van der Waals surface area contributed by atoms with E-state index in [-0.39, 0.29) is 12.2 Å². The first kappa shape index (κ1) is 11.1. The van der Waals surface area contributed by atoms with Crippen molar-refractivity contribution in [3.8, 4) is 0 Å². The number of carbonyl (C=O) groups is 3. The molecule has 17 heavy (non-hydrogen) atoms. The maximum absolute atomic E-state index is 13.4. The number of nitrogens with zero attached hydrogens (tertiary/aromatic N) is 1. The zero-order valence-corrected chi connectivity index (χ0v) is 8.44. The Morgan fingerprint density at radius 1 is 1.41 bits per heavy atom.